The number of amides is 2. The average molecular weight is 390 g/mol. The van der Waals surface area contributed by atoms with E-state index >= 15 is 0 Å². The van der Waals surface area contributed by atoms with Crippen LogP contribution in [-0.4, -0.2) is 74.2 Å². The fraction of sp³-hybridized carbons (Fsp3) is 0.400. The van der Waals surface area contributed by atoms with Gasteiger partial charge in [-0.3, -0.25) is 9.59 Å². The van der Waals surface area contributed by atoms with E-state index in [2.05, 4.69) is 0 Å². The van der Waals surface area contributed by atoms with Crippen LogP contribution in [0.5, 0.6) is 0 Å². The molecular formula is C20H23FN2O5. The van der Waals surface area contributed by atoms with E-state index in [-0.39, 0.29) is 36.4 Å². The third-order valence-electron chi connectivity index (χ3n) is 4.54. The molecule has 3 rings (SSSR count). The molecule has 150 valence electrons. The van der Waals surface area contributed by atoms with Gasteiger partial charge in [-0.15, -0.1) is 0 Å². The standard InChI is InChI=1S/C20H23FN2O5/c1-26-11-8-22(19(24)16-5-2-3-6-17(16)21)13-15-14-23(9-12-27-15)20(25)18-7-4-10-28-18/h2-7,10,15H,8-9,11-14H2,1H3. The largest absolute Gasteiger partial charge is 0.459 e. The number of halogens is 1. The Balaban J connectivity index is 1.69. The summed E-state index contributed by atoms with van der Waals surface area (Å²) in [4.78, 5) is 28.4. The summed E-state index contributed by atoms with van der Waals surface area (Å²) in [5.74, 6) is -0.969. The maximum Gasteiger partial charge on any atom is 0.289 e. The number of carbonyl (C=O) groups is 2. The summed E-state index contributed by atoms with van der Waals surface area (Å²) >= 11 is 0. The molecule has 7 nitrogen and oxygen atoms in total. The second-order valence-electron chi connectivity index (χ2n) is 6.45. The lowest BCUT2D eigenvalue weighted by atomic mass is 10.1. The van der Waals surface area contributed by atoms with Crippen LogP contribution >= 0.6 is 0 Å². The molecule has 0 bridgehead atoms. The summed E-state index contributed by atoms with van der Waals surface area (Å²) in [6.45, 7) is 1.92. The van der Waals surface area contributed by atoms with Crippen LogP contribution in [0.1, 0.15) is 20.9 Å². The zero-order valence-electron chi connectivity index (χ0n) is 15.7. The van der Waals surface area contributed by atoms with Crippen molar-refractivity contribution in [1.29, 1.82) is 0 Å². The van der Waals surface area contributed by atoms with Crippen LogP contribution in [0.3, 0.4) is 0 Å². The van der Waals surface area contributed by atoms with Crippen LogP contribution < -0.4 is 0 Å². The van der Waals surface area contributed by atoms with Gasteiger partial charge in [-0.05, 0) is 24.3 Å². The van der Waals surface area contributed by atoms with Gasteiger partial charge >= 0.3 is 0 Å². The molecule has 0 saturated carbocycles. The van der Waals surface area contributed by atoms with Gasteiger partial charge in [-0.2, -0.15) is 0 Å². The van der Waals surface area contributed by atoms with Gasteiger partial charge in [0.25, 0.3) is 11.8 Å². The highest BCUT2D eigenvalue weighted by Gasteiger charge is 2.29. The van der Waals surface area contributed by atoms with Gasteiger partial charge in [0.1, 0.15) is 5.82 Å². The van der Waals surface area contributed by atoms with E-state index < -0.39 is 11.7 Å². The molecule has 1 saturated heterocycles. The molecule has 0 radical (unpaired) electrons. The number of benzene rings is 1. The summed E-state index contributed by atoms with van der Waals surface area (Å²) in [5.41, 5.74) is -0.00192. The maximum absolute atomic E-state index is 14.1. The third-order valence-corrected chi connectivity index (χ3v) is 4.54. The number of hydrogen-bond acceptors (Lipinski definition) is 5. The number of morpholine rings is 1. The molecule has 1 atom stereocenters. The second-order valence-corrected chi connectivity index (χ2v) is 6.45. The highest BCUT2D eigenvalue weighted by Crippen LogP contribution is 2.15. The molecule has 2 heterocycles. The molecule has 28 heavy (non-hydrogen) atoms. The van der Waals surface area contributed by atoms with Crippen LogP contribution in [0.15, 0.2) is 47.1 Å². The Morgan fingerprint density at radius 2 is 2.11 bits per heavy atom. The Morgan fingerprint density at radius 3 is 2.82 bits per heavy atom. The molecule has 1 unspecified atom stereocenters. The first-order valence-corrected chi connectivity index (χ1v) is 9.07. The van der Waals surface area contributed by atoms with Gasteiger partial charge in [-0.1, -0.05) is 12.1 Å². The molecule has 2 amide bonds. The Bertz CT molecular complexity index is 796. The van der Waals surface area contributed by atoms with E-state index in [9.17, 15) is 14.0 Å². The molecule has 1 aliphatic heterocycles. The van der Waals surface area contributed by atoms with Gasteiger partial charge in [0.15, 0.2) is 5.76 Å². The number of methoxy groups -OCH3 is 1. The van der Waals surface area contributed by atoms with Crippen LogP contribution in [0.2, 0.25) is 0 Å². The van der Waals surface area contributed by atoms with Gasteiger partial charge in [0, 0.05) is 33.3 Å². The van der Waals surface area contributed by atoms with E-state index in [4.69, 9.17) is 13.9 Å². The molecule has 0 aliphatic carbocycles. The number of rotatable bonds is 7. The first-order chi connectivity index (χ1) is 13.6. The Kier molecular flexibility index (Phi) is 6.78. The minimum atomic E-state index is -0.575. The molecule has 0 spiro atoms. The summed E-state index contributed by atoms with van der Waals surface area (Å²) < 4.78 is 30.1. The zero-order chi connectivity index (χ0) is 19.9. The first kappa shape index (κ1) is 20.0. The molecular weight excluding hydrogens is 367 g/mol. The Hall–Kier alpha value is -2.71. The number of nitrogens with zero attached hydrogens (tertiary/aromatic N) is 2. The Morgan fingerprint density at radius 1 is 1.29 bits per heavy atom. The average Bonchev–Trinajstić information content (AvgIpc) is 3.25. The zero-order valence-corrected chi connectivity index (χ0v) is 15.7. The van der Waals surface area contributed by atoms with Crippen molar-refractivity contribution in [1.82, 2.24) is 9.80 Å². The smallest absolute Gasteiger partial charge is 0.289 e. The Labute approximate surface area is 162 Å². The quantitative estimate of drug-likeness (QED) is 0.724. The molecule has 2 aromatic rings. The number of furan rings is 1. The summed E-state index contributed by atoms with van der Waals surface area (Å²) in [7, 11) is 1.53. The van der Waals surface area contributed by atoms with E-state index in [0.29, 0.717) is 26.3 Å². The SMILES string of the molecule is COCCN(CC1CN(C(=O)c2ccco2)CCO1)C(=O)c1ccccc1F. The lowest BCUT2D eigenvalue weighted by Gasteiger charge is -2.35. The van der Waals surface area contributed by atoms with Crippen molar-refractivity contribution in [2.45, 2.75) is 6.10 Å². The molecule has 1 fully saturated rings. The predicted octanol–water partition coefficient (Wildman–Crippen LogP) is 2.05. The fourth-order valence-electron chi connectivity index (χ4n) is 3.10. The predicted molar refractivity (Wildman–Crippen MR) is 98.5 cm³/mol. The molecule has 1 aromatic carbocycles. The van der Waals surface area contributed by atoms with E-state index in [0.717, 1.165) is 0 Å². The normalized spacial score (nSPS) is 16.8. The fourth-order valence-corrected chi connectivity index (χ4v) is 3.10. The van der Waals surface area contributed by atoms with Crippen molar-refractivity contribution in [3.8, 4) is 0 Å². The monoisotopic (exact) mass is 390 g/mol. The van der Waals surface area contributed by atoms with Crippen LogP contribution in [0.4, 0.5) is 4.39 Å². The number of ether oxygens (including phenoxy) is 2. The van der Waals surface area contributed by atoms with Crippen LogP contribution in [0.25, 0.3) is 0 Å². The first-order valence-electron chi connectivity index (χ1n) is 9.07. The van der Waals surface area contributed by atoms with E-state index in [1.165, 1.54) is 36.5 Å². The van der Waals surface area contributed by atoms with Crippen molar-refractivity contribution in [2.75, 3.05) is 46.5 Å². The summed E-state index contributed by atoms with van der Waals surface area (Å²) in [6.07, 6.45) is 1.06. The van der Waals surface area contributed by atoms with Crippen LogP contribution in [-0.2, 0) is 9.47 Å². The van der Waals surface area contributed by atoms with Crippen molar-refractivity contribution >= 4 is 11.8 Å². The minimum Gasteiger partial charge on any atom is -0.459 e. The summed E-state index contributed by atoms with van der Waals surface area (Å²) in [5, 5.41) is 0. The van der Waals surface area contributed by atoms with Crippen LogP contribution in [0, 0.1) is 5.82 Å². The van der Waals surface area contributed by atoms with Gasteiger partial charge in [0.2, 0.25) is 0 Å². The molecule has 0 N–H and O–H groups in total. The third kappa shape index (κ3) is 4.76. The highest BCUT2D eigenvalue weighted by atomic mass is 19.1. The topological polar surface area (TPSA) is 72.2 Å². The number of carbonyl (C=O) groups excluding carboxylic acids is 2. The van der Waals surface area contributed by atoms with Crippen molar-refractivity contribution in [2.24, 2.45) is 0 Å². The van der Waals surface area contributed by atoms with Crippen molar-refractivity contribution in [3.63, 3.8) is 0 Å². The summed E-state index contributed by atoms with van der Waals surface area (Å²) in [6, 6.07) is 9.12. The van der Waals surface area contributed by atoms with E-state index in [1.54, 1.807) is 23.1 Å². The lowest BCUT2D eigenvalue weighted by Crippen LogP contribution is -2.51. The van der Waals surface area contributed by atoms with Gasteiger partial charge in [-0.25, -0.2) is 4.39 Å². The minimum absolute atomic E-state index is 0.00192. The van der Waals surface area contributed by atoms with Crippen molar-refractivity contribution < 1.29 is 27.9 Å². The number of hydrogen-bond donors (Lipinski definition) is 0. The van der Waals surface area contributed by atoms with Gasteiger partial charge < -0.3 is 23.7 Å². The maximum atomic E-state index is 14.1. The highest BCUT2D eigenvalue weighted by molar-refractivity contribution is 5.94. The van der Waals surface area contributed by atoms with E-state index in [1.807, 2.05) is 0 Å². The van der Waals surface area contributed by atoms with Crippen molar-refractivity contribution in [3.05, 3.63) is 59.8 Å². The van der Waals surface area contributed by atoms with Gasteiger partial charge in [0.05, 0.1) is 31.1 Å². The molecule has 8 heteroatoms. The second kappa shape index (κ2) is 9.48. The lowest BCUT2D eigenvalue weighted by molar-refractivity contribution is -0.0354. The molecule has 1 aliphatic rings. The molecule has 1 aromatic heterocycles.